The molecule has 0 aromatic heterocycles. The van der Waals surface area contributed by atoms with Crippen molar-refractivity contribution in [1.82, 2.24) is 16.0 Å². The van der Waals surface area contributed by atoms with E-state index in [1.54, 1.807) is 24.3 Å². The van der Waals surface area contributed by atoms with E-state index in [1.807, 2.05) is 0 Å². The fraction of sp³-hybridized carbons (Fsp3) is 0.464. The minimum absolute atomic E-state index is 0. The van der Waals surface area contributed by atoms with Gasteiger partial charge in [-0.2, -0.15) is 0 Å². The third-order valence-corrected chi connectivity index (χ3v) is 6.97. The Hall–Kier alpha value is -2.55. The van der Waals surface area contributed by atoms with Crippen molar-refractivity contribution in [3.8, 4) is 22.6 Å². The van der Waals surface area contributed by atoms with Crippen LogP contribution in [0.2, 0.25) is 0 Å². The Morgan fingerprint density at radius 1 is 0.864 bits per heavy atom. The van der Waals surface area contributed by atoms with Gasteiger partial charge in [-0.25, -0.2) is 0 Å². The van der Waals surface area contributed by atoms with Crippen molar-refractivity contribution in [3.05, 3.63) is 47.5 Å². The lowest BCUT2D eigenvalue weighted by Crippen LogP contribution is -2.57. The zero-order chi connectivity index (χ0) is 29.2. The Kier molecular flexibility index (Phi) is 21.0. The second kappa shape index (κ2) is 21.2. The molecule has 4 atom stereocenters. The lowest BCUT2D eigenvalue weighted by molar-refractivity contribution is -0.132. The Bertz CT molecular complexity index is 1210. The predicted molar refractivity (Wildman–Crippen MR) is 181 cm³/mol. The molecule has 250 valence electrons. The number of phenols is 2. The van der Waals surface area contributed by atoms with Gasteiger partial charge in [0.25, 0.3) is 0 Å². The van der Waals surface area contributed by atoms with E-state index in [-0.39, 0.29) is 99.5 Å². The lowest BCUT2D eigenvalue weighted by Gasteiger charge is -2.25. The van der Waals surface area contributed by atoms with E-state index in [4.69, 9.17) is 22.9 Å². The fourth-order valence-corrected chi connectivity index (χ4v) is 4.59. The summed E-state index contributed by atoms with van der Waals surface area (Å²) in [7, 11) is 0. The summed E-state index contributed by atoms with van der Waals surface area (Å²) in [6, 6.07) is 6.42. The van der Waals surface area contributed by atoms with Crippen LogP contribution in [0.15, 0.2) is 36.4 Å². The summed E-state index contributed by atoms with van der Waals surface area (Å²) in [5, 5.41) is 29.3. The van der Waals surface area contributed by atoms with Gasteiger partial charge >= 0.3 is 0 Å². The average molecular weight is 702 g/mol. The summed E-state index contributed by atoms with van der Waals surface area (Å²) in [4.78, 5) is 39.7. The van der Waals surface area contributed by atoms with Crippen LogP contribution in [0.25, 0.3) is 11.1 Å². The molecule has 0 radical (unpaired) electrons. The van der Waals surface area contributed by atoms with Gasteiger partial charge in [-0.1, -0.05) is 12.1 Å². The molecule has 0 saturated carbocycles. The third kappa shape index (κ3) is 12.4. The number of nitrogens with one attached hydrogen (secondary N) is 3. The minimum atomic E-state index is -1.08. The molecule has 3 amide bonds. The van der Waals surface area contributed by atoms with Crippen LogP contribution >= 0.6 is 49.6 Å². The number of carbonyl (C=O) groups excluding carboxylic acids is 3. The normalized spacial score (nSPS) is 18.6. The summed E-state index contributed by atoms with van der Waals surface area (Å²) in [5.74, 6) is -1.72. The van der Waals surface area contributed by atoms with Gasteiger partial charge in [-0.3, -0.25) is 14.4 Å². The largest absolute Gasteiger partial charge is 0.508 e. The summed E-state index contributed by atoms with van der Waals surface area (Å²) in [5.41, 5.74) is 25.8. The predicted octanol–water partition coefficient (Wildman–Crippen LogP) is 0.769. The van der Waals surface area contributed by atoms with Crippen LogP contribution in [0.5, 0.6) is 11.5 Å². The molecule has 4 bridgehead atoms. The number of phenolic OH excluding ortho intramolecular Hbond substituents is 2. The molecule has 12 nitrogen and oxygen atoms in total. The second-order valence-electron chi connectivity index (χ2n) is 10.2. The molecule has 44 heavy (non-hydrogen) atoms. The van der Waals surface area contributed by atoms with Gasteiger partial charge in [0.1, 0.15) is 23.6 Å². The van der Waals surface area contributed by atoms with Crippen LogP contribution in [0.1, 0.15) is 36.8 Å². The molecule has 13 N–H and O–H groups in total. The van der Waals surface area contributed by atoms with E-state index in [0.717, 1.165) is 0 Å². The van der Waals surface area contributed by atoms with Gasteiger partial charge in [-0.05, 0) is 85.3 Å². The van der Waals surface area contributed by atoms with E-state index in [1.165, 1.54) is 12.1 Å². The number of hydrogen-bond acceptors (Lipinski definition) is 9. The molecular weight excluding hydrogens is 656 g/mol. The maximum Gasteiger partial charge on any atom is 0.243 e. The Morgan fingerprint density at radius 2 is 1.41 bits per heavy atom. The average Bonchev–Trinajstić information content (AvgIpc) is 2.94. The van der Waals surface area contributed by atoms with Crippen molar-refractivity contribution in [2.24, 2.45) is 22.9 Å². The maximum atomic E-state index is 13.4. The lowest BCUT2D eigenvalue weighted by atomic mass is 9.95. The highest BCUT2D eigenvalue weighted by atomic mass is 35.5. The molecule has 2 aromatic carbocycles. The molecule has 3 rings (SSSR count). The molecule has 2 aromatic rings. The summed E-state index contributed by atoms with van der Waals surface area (Å²) in [6.45, 7) is 0.950. The van der Waals surface area contributed by atoms with Gasteiger partial charge in [0.2, 0.25) is 17.7 Å². The monoisotopic (exact) mass is 699 g/mol. The molecule has 0 spiro atoms. The maximum absolute atomic E-state index is 13.4. The van der Waals surface area contributed by atoms with Crippen molar-refractivity contribution >= 4 is 67.3 Å². The van der Waals surface area contributed by atoms with E-state index in [0.29, 0.717) is 48.1 Å². The van der Waals surface area contributed by atoms with Gasteiger partial charge in [-0.15, -0.1) is 49.6 Å². The van der Waals surface area contributed by atoms with Crippen LogP contribution in [-0.4, -0.2) is 71.7 Å². The van der Waals surface area contributed by atoms with Crippen molar-refractivity contribution in [1.29, 1.82) is 0 Å². The highest BCUT2D eigenvalue weighted by molar-refractivity contribution is 5.93. The van der Waals surface area contributed by atoms with Crippen molar-refractivity contribution in [2.75, 3.05) is 19.6 Å². The summed E-state index contributed by atoms with van der Waals surface area (Å²) in [6.07, 6.45) is 1.99. The zero-order valence-electron chi connectivity index (χ0n) is 24.2. The molecule has 1 aliphatic heterocycles. The smallest absolute Gasteiger partial charge is 0.243 e. The van der Waals surface area contributed by atoms with E-state index >= 15 is 0 Å². The highest BCUT2D eigenvalue weighted by Gasteiger charge is 2.29. The Morgan fingerprint density at radius 3 is 1.95 bits per heavy atom. The molecule has 0 aliphatic carbocycles. The third-order valence-electron chi connectivity index (χ3n) is 6.97. The molecule has 1 heterocycles. The quantitative estimate of drug-likeness (QED) is 0.180. The highest BCUT2D eigenvalue weighted by Crippen LogP contribution is 2.30. The van der Waals surface area contributed by atoms with Gasteiger partial charge < -0.3 is 49.1 Å². The summed E-state index contributed by atoms with van der Waals surface area (Å²) >= 11 is 0. The van der Waals surface area contributed by atoms with Gasteiger partial charge in [0, 0.05) is 25.4 Å². The zero-order valence-corrected chi connectivity index (χ0v) is 27.5. The fourth-order valence-electron chi connectivity index (χ4n) is 4.59. The number of carbonyl (C=O) groups is 3. The number of hydrogen-bond donors (Lipinski definition) is 9. The van der Waals surface area contributed by atoms with E-state index < -0.39 is 35.8 Å². The standard InChI is InChI=1S/C28H41N7O5.4ClH/c29-9-1-3-20(31)15-33-27(39)23-14-19-12-17(6-8-25(19)37)16-5-7-24(36)18(11-16)13-21(32)26(38)34-22(4-2-10-30)28(40)35-23;;;;/h5-8,11-12,20-23,36-37H,1-4,9-10,13-15,29-32H2,(H,33,39)(H,34,38)(H,35,40);4*1H/t20-,21-,22-,23-;;;;/m0..../s1. The van der Waals surface area contributed by atoms with Crippen LogP contribution in [0, 0.1) is 0 Å². The Labute approximate surface area is 282 Å². The number of benzene rings is 2. The molecule has 0 unspecified atom stereocenters. The van der Waals surface area contributed by atoms with E-state index in [2.05, 4.69) is 16.0 Å². The first-order valence-electron chi connectivity index (χ1n) is 13.6. The van der Waals surface area contributed by atoms with Crippen LogP contribution < -0.4 is 38.9 Å². The Balaban J connectivity index is 0. The van der Waals surface area contributed by atoms with Gasteiger partial charge in [0.15, 0.2) is 0 Å². The molecular formula is C28H45Cl4N7O5. The SMILES string of the molecule is Cl.Cl.Cl.Cl.NCCC[C@H](N)CNC(=O)[C@@H]1Cc2cc(ccc2O)-c2ccc(O)c(c2)C[C@H](N)C(=O)N[C@@H](CCCN)C(=O)N1. The number of amides is 3. The van der Waals surface area contributed by atoms with Crippen LogP contribution in [0.4, 0.5) is 0 Å². The van der Waals surface area contributed by atoms with Crippen molar-refractivity contribution < 1.29 is 24.6 Å². The van der Waals surface area contributed by atoms with Crippen LogP contribution in [0.3, 0.4) is 0 Å². The van der Waals surface area contributed by atoms with Crippen molar-refractivity contribution in [3.63, 3.8) is 0 Å². The number of aromatic hydroxyl groups is 2. The van der Waals surface area contributed by atoms with Crippen molar-refractivity contribution in [2.45, 2.75) is 62.7 Å². The van der Waals surface area contributed by atoms with Crippen LogP contribution in [-0.2, 0) is 27.2 Å². The molecule has 1 aliphatic rings. The first-order valence-corrected chi connectivity index (χ1v) is 13.6. The molecule has 0 fully saturated rings. The summed E-state index contributed by atoms with van der Waals surface area (Å²) < 4.78 is 0. The minimum Gasteiger partial charge on any atom is -0.508 e. The number of rotatable bonds is 9. The number of nitrogens with two attached hydrogens (primary N) is 4. The molecule has 0 saturated heterocycles. The second-order valence-corrected chi connectivity index (χ2v) is 10.2. The number of halogens is 4. The first-order chi connectivity index (χ1) is 19.1. The molecule has 16 heteroatoms. The van der Waals surface area contributed by atoms with E-state index in [9.17, 15) is 24.6 Å². The van der Waals surface area contributed by atoms with Gasteiger partial charge in [0.05, 0.1) is 6.04 Å². The number of fused-ring (bicyclic) bond motifs is 5. The first kappa shape index (κ1) is 43.6. The topological polar surface area (TPSA) is 232 Å².